The average molecular weight is 224 g/mol. The van der Waals surface area contributed by atoms with Gasteiger partial charge < -0.3 is 16.8 Å². The predicted octanol–water partition coefficient (Wildman–Crippen LogP) is -0.617. The van der Waals surface area contributed by atoms with Crippen molar-refractivity contribution < 1.29 is 9.59 Å². The molecule has 0 fully saturated rings. The Morgan fingerprint density at radius 2 is 1.86 bits per heavy atom. The molecule has 84 valence electrons. The topological polar surface area (TPSA) is 98.2 Å². The van der Waals surface area contributed by atoms with Gasteiger partial charge in [-0.15, -0.1) is 12.4 Å². The van der Waals surface area contributed by atoms with Gasteiger partial charge in [0.15, 0.2) is 0 Å². The van der Waals surface area contributed by atoms with E-state index in [0.717, 1.165) is 0 Å². The molecule has 0 spiro atoms. The smallest absolute Gasteiger partial charge is 0.237 e. The van der Waals surface area contributed by atoms with Crippen LogP contribution in [0.25, 0.3) is 0 Å². The second-order valence-corrected chi connectivity index (χ2v) is 3.42. The summed E-state index contributed by atoms with van der Waals surface area (Å²) in [4.78, 5) is 21.5. The molecule has 0 aliphatic heterocycles. The van der Waals surface area contributed by atoms with E-state index in [1.165, 1.54) is 0 Å². The number of nitrogens with two attached hydrogens (primary N) is 2. The minimum absolute atomic E-state index is 0. The van der Waals surface area contributed by atoms with E-state index in [9.17, 15) is 9.59 Å². The highest BCUT2D eigenvalue weighted by Crippen LogP contribution is 2.01. The maximum atomic E-state index is 11.1. The zero-order valence-electron chi connectivity index (χ0n) is 8.45. The third-order valence-corrected chi connectivity index (χ3v) is 1.50. The number of hydrogen-bond acceptors (Lipinski definition) is 3. The van der Waals surface area contributed by atoms with Crippen molar-refractivity contribution in [3.05, 3.63) is 0 Å². The molecule has 0 saturated heterocycles. The Hall–Kier alpha value is -0.810. The normalized spacial score (nSPS) is 11.7. The molecule has 5 N–H and O–H groups in total. The van der Waals surface area contributed by atoms with E-state index in [1.54, 1.807) is 0 Å². The number of hydrogen-bond donors (Lipinski definition) is 3. The summed E-state index contributed by atoms with van der Waals surface area (Å²) in [6, 6.07) is -0.556. The lowest BCUT2D eigenvalue weighted by molar-refractivity contribution is -0.125. The fourth-order valence-corrected chi connectivity index (χ4v) is 0.920. The van der Waals surface area contributed by atoms with Gasteiger partial charge in [0, 0.05) is 0 Å². The lowest BCUT2D eigenvalue weighted by Crippen LogP contribution is -2.44. The number of nitrogens with one attached hydrogen (secondary N) is 1. The first-order chi connectivity index (χ1) is 5.93. The summed E-state index contributed by atoms with van der Waals surface area (Å²) in [5.41, 5.74) is 10.4. The maximum absolute atomic E-state index is 11.1. The number of halogens is 1. The van der Waals surface area contributed by atoms with Crippen molar-refractivity contribution in [2.24, 2.45) is 17.4 Å². The van der Waals surface area contributed by atoms with Crippen molar-refractivity contribution in [2.45, 2.75) is 26.3 Å². The molecule has 0 rings (SSSR count). The molecular formula is C8H18ClN3O2. The Bertz CT molecular complexity index is 197. The number of primary amides is 1. The average Bonchev–Trinajstić information content (AvgIpc) is 1.98. The molecule has 0 aliphatic carbocycles. The highest BCUT2D eigenvalue weighted by Gasteiger charge is 2.14. The molecule has 0 unspecified atom stereocenters. The molecule has 0 radical (unpaired) electrons. The minimum Gasteiger partial charge on any atom is -0.368 e. The van der Waals surface area contributed by atoms with Crippen LogP contribution in [-0.2, 0) is 9.59 Å². The molecule has 6 heteroatoms. The summed E-state index contributed by atoms with van der Waals surface area (Å²) >= 11 is 0. The van der Waals surface area contributed by atoms with Gasteiger partial charge in [-0.2, -0.15) is 0 Å². The van der Waals surface area contributed by atoms with Crippen LogP contribution in [0, 0.1) is 5.92 Å². The molecule has 5 nitrogen and oxygen atoms in total. The van der Waals surface area contributed by atoms with Crippen LogP contribution >= 0.6 is 12.4 Å². The van der Waals surface area contributed by atoms with Crippen LogP contribution in [0.3, 0.4) is 0 Å². The fraction of sp³-hybridized carbons (Fsp3) is 0.750. The van der Waals surface area contributed by atoms with Gasteiger partial charge in [-0.3, -0.25) is 9.59 Å². The molecule has 1 atom stereocenters. The zero-order valence-corrected chi connectivity index (χ0v) is 9.26. The molecule has 0 aliphatic rings. The van der Waals surface area contributed by atoms with Crippen LogP contribution in [0.1, 0.15) is 20.3 Å². The van der Waals surface area contributed by atoms with E-state index in [4.69, 9.17) is 11.5 Å². The summed E-state index contributed by atoms with van der Waals surface area (Å²) in [5.74, 6) is -0.535. The minimum atomic E-state index is -0.565. The monoisotopic (exact) mass is 223 g/mol. The molecule has 0 aromatic carbocycles. The Kier molecular flexibility index (Phi) is 8.48. The summed E-state index contributed by atoms with van der Waals surface area (Å²) in [7, 11) is 0. The molecule has 14 heavy (non-hydrogen) atoms. The van der Waals surface area contributed by atoms with Crippen LogP contribution in [-0.4, -0.2) is 24.4 Å². The number of carbonyl (C=O) groups excluding carboxylic acids is 2. The summed E-state index contributed by atoms with van der Waals surface area (Å²) in [5, 5.41) is 2.35. The lowest BCUT2D eigenvalue weighted by Gasteiger charge is -2.12. The first-order valence-corrected chi connectivity index (χ1v) is 4.25. The Morgan fingerprint density at radius 1 is 1.36 bits per heavy atom. The van der Waals surface area contributed by atoms with Crippen LogP contribution in [0.15, 0.2) is 0 Å². The van der Waals surface area contributed by atoms with Gasteiger partial charge in [-0.05, 0) is 12.3 Å². The van der Waals surface area contributed by atoms with Gasteiger partial charge in [-0.25, -0.2) is 0 Å². The fourth-order valence-electron chi connectivity index (χ4n) is 0.920. The van der Waals surface area contributed by atoms with E-state index >= 15 is 0 Å². The molecular weight excluding hydrogens is 206 g/mol. The largest absolute Gasteiger partial charge is 0.368 e. The number of amides is 2. The van der Waals surface area contributed by atoms with Gasteiger partial charge in [0.1, 0.15) is 0 Å². The van der Waals surface area contributed by atoms with Crippen molar-refractivity contribution in [2.75, 3.05) is 6.54 Å². The van der Waals surface area contributed by atoms with Crippen molar-refractivity contribution >= 4 is 24.2 Å². The summed E-state index contributed by atoms with van der Waals surface area (Å²) in [6.45, 7) is 3.80. The molecule has 0 aromatic heterocycles. The predicted molar refractivity (Wildman–Crippen MR) is 56.9 cm³/mol. The molecule has 0 aromatic rings. The Labute approximate surface area is 90.0 Å². The van der Waals surface area contributed by atoms with Gasteiger partial charge in [0.05, 0.1) is 12.6 Å². The Morgan fingerprint density at radius 3 is 2.21 bits per heavy atom. The molecule has 2 amide bonds. The molecule has 0 saturated carbocycles. The van der Waals surface area contributed by atoms with Crippen LogP contribution in [0.5, 0.6) is 0 Å². The molecule has 0 heterocycles. The van der Waals surface area contributed by atoms with Crippen LogP contribution in [0.4, 0.5) is 0 Å². The van der Waals surface area contributed by atoms with Gasteiger partial charge in [0.2, 0.25) is 11.8 Å². The van der Waals surface area contributed by atoms with Gasteiger partial charge in [0.25, 0.3) is 0 Å². The van der Waals surface area contributed by atoms with E-state index < -0.39 is 11.9 Å². The lowest BCUT2D eigenvalue weighted by atomic mass is 10.0. The van der Waals surface area contributed by atoms with Crippen molar-refractivity contribution in [1.29, 1.82) is 0 Å². The standard InChI is InChI=1S/C8H17N3O2.ClH/c1-5(2)3-6(9)8(13)11-4-7(10)12;/h5-6H,3-4,9H2,1-2H3,(H2,10,12)(H,11,13);1H/t6-;/m0./s1. The second-order valence-electron chi connectivity index (χ2n) is 3.42. The number of rotatable bonds is 5. The van der Waals surface area contributed by atoms with E-state index in [0.29, 0.717) is 12.3 Å². The zero-order chi connectivity index (χ0) is 10.4. The summed E-state index contributed by atoms with van der Waals surface area (Å²) in [6.07, 6.45) is 0.602. The maximum Gasteiger partial charge on any atom is 0.237 e. The van der Waals surface area contributed by atoms with Crippen molar-refractivity contribution in [3.8, 4) is 0 Å². The number of carbonyl (C=O) groups is 2. The summed E-state index contributed by atoms with van der Waals surface area (Å²) < 4.78 is 0. The van der Waals surface area contributed by atoms with Crippen molar-refractivity contribution in [3.63, 3.8) is 0 Å². The Balaban J connectivity index is 0. The van der Waals surface area contributed by atoms with Gasteiger partial charge >= 0.3 is 0 Å². The van der Waals surface area contributed by atoms with Crippen LogP contribution < -0.4 is 16.8 Å². The first-order valence-electron chi connectivity index (χ1n) is 4.25. The van der Waals surface area contributed by atoms with Crippen molar-refractivity contribution in [1.82, 2.24) is 5.32 Å². The van der Waals surface area contributed by atoms with E-state index in [2.05, 4.69) is 5.32 Å². The third-order valence-electron chi connectivity index (χ3n) is 1.50. The quantitative estimate of drug-likeness (QED) is 0.580. The first kappa shape index (κ1) is 15.7. The highest BCUT2D eigenvalue weighted by molar-refractivity contribution is 5.86. The van der Waals surface area contributed by atoms with E-state index in [1.807, 2.05) is 13.8 Å². The highest BCUT2D eigenvalue weighted by atomic mass is 35.5. The van der Waals surface area contributed by atoms with Crippen LogP contribution in [0.2, 0.25) is 0 Å². The third kappa shape index (κ3) is 7.82. The second kappa shape index (κ2) is 7.58. The molecule has 0 bridgehead atoms. The van der Waals surface area contributed by atoms with E-state index in [-0.39, 0.29) is 24.9 Å². The van der Waals surface area contributed by atoms with Gasteiger partial charge in [-0.1, -0.05) is 13.8 Å². The SMILES string of the molecule is CC(C)C[C@H](N)C(=O)NCC(N)=O.Cl.